The van der Waals surface area contributed by atoms with Crippen LogP contribution in [0.2, 0.25) is 0 Å². The van der Waals surface area contributed by atoms with Gasteiger partial charge in [-0.1, -0.05) is 51.1 Å². The lowest BCUT2D eigenvalue weighted by Gasteiger charge is -2.15. The summed E-state index contributed by atoms with van der Waals surface area (Å²) in [6.07, 6.45) is 2.79. The van der Waals surface area contributed by atoms with Crippen molar-refractivity contribution in [2.24, 2.45) is 5.41 Å². The molecule has 3 aromatic carbocycles. The molecule has 0 aliphatic heterocycles. The maximum Gasteiger partial charge on any atom is 0.142 e. The number of benzene rings is 3. The zero-order valence-corrected chi connectivity index (χ0v) is 15.3. The number of aromatic nitrogens is 1. The van der Waals surface area contributed by atoms with E-state index in [0.717, 1.165) is 44.8 Å². The molecular formula is C24H21NO. The standard InChI is InChI=1S/C24H21NO/c1-24(2,3)14-17-13-21-18-9-6-10-25-22(18)19-11-15-7-4-5-8-16(15)12-20(19)23(21)26-17/h4-13H,14H2,1-3H3. The lowest BCUT2D eigenvalue weighted by atomic mass is 9.91. The van der Waals surface area contributed by atoms with Gasteiger partial charge in [0.25, 0.3) is 0 Å². The zero-order chi connectivity index (χ0) is 17.9. The first-order valence-corrected chi connectivity index (χ1v) is 9.11. The van der Waals surface area contributed by atoms with Crippen LogP contribution >= 0.6 is 0 Å². The third-order valence-electron chi connectivity index (χ3n) is 4.97. The van der Waals surface area contributed by atoms with Gasteiger partial charge in [0.1, 0.15) is 11.3 Å². The van der Waals surface area contributed by atoms with Crippen molar-refractivity contribution in [2.45, 2.75) is 27.2 Å². The van der Waals surface area contributed by atoms with Gasteiger partial charge in [-0.15, -0.1) is 0 Å². The Morgan fingerprint density at radius 3 is 2.23 bits per heavy atom. The van der Waals surface area contributed by atoms with Gasteiger partial charge >= 0.3 is 0 Å². The summed E-state index contributed by atoms with van der Waals surface area (Å²) in [6, 6.07) is 19.3. The maximum atomic E-state index is 6.39. The van der Waals surface area contributed by atoms with Gasteiger partial charge in [-0.2, -0.15) is 0 Å². The Labute approximate surface area is 152 Å². The largest absolute Gasteiger partial charge is 0.460 e. The van der Waals surface area contributed by atoms with E-state index >= 15 is 0 Å². The molecule has 5 aromatic rings. The van der Waals surface area contributed by atoms with Crippen LogP contribution in [0.3, 0.4) is 0 Å². The van der Waals surface area contributed by atoms with Crippen LogP contribution in [0.4, 0.5) is 0 Å². The van der Waals surface area contributed by atoms with E-state index in [1.807, 2.05) is 12.3 Å². The Balaban J connectivity index is 1.96. The Bertz CT molecular complexity index is 1290. The molecule has 0 radical (unpaired) electrons. The van der Waals surface area contributed by atoms with Gasteiger partial charge in [0, 0.05) is 34.2 Å². The summed E-state index contributed by atoms with van der Waals surface area (Å²) in [5.41, 5.74) is 2.21. The maximum absolute atomic E-state index is 6.39. The Hall–Kier alpha value is -2.87. The third kappa shape index (κ3) is 2.37. The summed E-state index contributed by atoms with van der Waals surface area (Å²) in [6.45, 7) is 6.72. The lowest BCUT2D eigenvalue weighted by Crippen LogP contribution is -2.08. The molecule has 0 saturated carbocycles. The van der Waals surface area contributed by atoms with E-state index in [2.05, 4.69) is 69.3 Å². The van der Waals surface area contributed by atoms with Crippen LogP contribution in [-0.4, -0.2) is 4.98 Å². The molecule has 0 saturated heterocycles. The molecule has 128 valence electrons. The zero-order valence-electron chi connectivity index (χ0n) is 15.3. The average Bonchev–Trinajstić information content (AvgIpc) is 3.02. The molecule has 0 N–H and O–H groups in total. The molecule has 2 aromatic heterocycles. The minimum absolute atomic E-state index is 0.185. The number of fused-ring (bicyclic) bond motifs is 7. The van der Waals surface area contributed by atoms with Crippen LogP contribution < -0.4 is 0 Å². The predicted octanol–water partition coefficient (Wildman–Crippen LogP) is 6.88. The number of nitrogens with zero attached hydrogens (tertiary/aromatic N) is 1. The lowest BCUT2D eigenvalue weighted by molar-refractivity contribution is 0.371. The summed E-state index contributed by atoms with van der Waals surface area (Å²) < 4.78 is 6.39. The average molecular weight is 339 g/mol. The van der Waals surface area contributed by atoms with Crippen molar-refractivity contribution in [1.29, 1.82) is 0 Å². The topological polar surface area (TPSA) is 26.0 Å². The smallest absolute Gasteiger partial charge is 0.142 e. The van der Waals surface area contributed by atoms with Crippen LogP contribution in [0, 0.1) is 5.41 Å². The summed E-state index contributed by atoms with van der Waals surface area (Å²) in [7, 11) is 0. The fraction of sp³-hybridized carbons (Fsp3) is 0.208. The van der Waals surface area contributed by atoms with Crippen molar-refractivity contribution in [3.63, 3.8) is 0 Å². The van der Waals surface area contributed by atoms with Crippen molar-refractivity contribution >= 4 is 43.4 Å². The molecule has 2 heterocycles. The van der Waals surface area contributed by atoms with Gasteiger partial charge < -0.3 is 4.42 Å². The minimum Gasteiger partial charge on any atom is -0.460 e. The first-order chi connectivity index (χ1) is 12.5. The van der Waals surface area contributed by atoms with Crippen LogP contribution in [0.25, 0.3) is 43.4 Å². The number of furan rings is 1. The highest BCUT2D eigenvalue weighted by Crippen LogP contribution is 2.38. The van der Waals surface area contributed by atoms with Gasteiger partial charge in [-0.05, 0) is 40.5 Å². The van der Waals surface area contributed by atoms with Crippen molar-refractivity contribution in [1.82, 2.24) is 4.98 Å². The Morgan fingerprint density at radius 2 is 1.50 bits per heavy atom. The number of hydrogen-bond acceptors (Lipinski definition) is 2. The second kappa shape index (κ2) is 5.31. The normalized spacial score (nSPS) is 12.6. The van der Waals surface area contributed by atoms with Gasteiger partial charge in [-0.25, -0.2) is 0 Å². The highest BCUT2D eigenvalue weighted by Gasteiger charge is 2.18. The van der Waals surface area contributed by atoms with Crippen LogP contribution in [0.1, 0.15) is 26.5 Å². The van der Waals surface area contributed by atoms with Crippen LogP contribution in [0.15, 0.2) is 65.2 Å². The first-order valence-electron chi connectivity index (χ1n) is 9.11. The fourth-order valence-corrected chi connectivity index (χ4v) is 3.91. The third-order valence-corrected chi connectivity index (χ3v) is 4.97. The SMILES string of the molecule is CC(C)(C)Cc1cc2c3cccnc3c3cc4ccccc4cc3c2o1. The molecule has 0 amide bonds. The molecule has 2 heteroatoms. The van der Waals surface area contributed by atoms with E-state index in [4.69, 9.17) is 9.40 Å². The highest BCUT2D eigenvalue weighted by molar-refractivity contribution is 6.24. The molecule has 2 nitrogen and oxygen atoms in total. The molecule has 26 heavy (non-hydrogen) atoms. The second-order valence-electron chi connectivity index (χ2n) is 8.34. The molecular weight excluding hydrogens is 318 g/mol. The van der Waals surface area contributed by atoms with Crippen LogP contribution in [-0.2, 0) is 6.42 Å². The first kappa shape index (κ1) is 15.4. The number of pyridine rings is 1. The van der Waals surface area contributed by atoms with E-state index in [1.165, 1.54) is 10.8 Å². The summed E-state index contributed by atoms with van der Waals surface area (Å²) in [5.74, 6) is 1.04. The molecule has 0 aliphatic carbocycles. The Morgan fingerprint density at radius 1 is 0.808 bits per heavy atom. The van der Waals surface area contributed by atoms with Gasteiger partial charge in [0.2, 0.25) is 0 Å². The second-order valence-corrected chi connectivity index (χ2v) is 8.34. The van der Waals surface area contributed by atoms with E-state index in [-0.39, 0.29) is 5.41 Å². The molecule has 5 rings (SSSR count). The highest BCUT2D eigenvalue weighted by atomic mass is 16.3. The van der Waals surface area contributed by atoms with E-state index in [0.29, 0.717) is 0 Å². The molecule has 0 aliphatic rings. The minimum atomic E-state index is 0.185. The Kier molecular flexibility index (Phi) is 3.14. The number of hydrogen-bond donors (Lipinski definition) is 0. The van der Waals surface area contributed by atoms with Crippen molar-refractivity contribution in [3.05, 3.63) is 66.6 Å². The van der Waals surface area contributed by atoms with Crippen molar-refractivity contribution < 1.29 is 4.42 Å². The quantitative estimate of drug-likeness (QED) is 0.246. The summed E-state index contributed by atoms with van der Waals surface area (Å²) in [4.78, 5) is 4.71. The predicted molar refractivity (Wildman–Crippen MR) is 110 cm³/mol. The van der Waals surface area contributed by atoms with Gasteiger partial charge in [0.15, 0.2) is 0 Å². The van der Waals surface area contributed by atoms with Crippen molar-refractivity contribution in [2.75, 3.05) is 0 Å². The summed E-state index contributed by atoms with van der Waals surface area (Å²) in [5, 5.41) is 7.08. The monoisotopic (exact) mass is 339 g/mol. The molecule has 0 atom stereocenters. The van der Waals surface area contributed by atoms with E-state index in [9.17, 15) is 0 Å². The molecule has 0 spiro atoms. The fourth-order valence-electron chi connectivity index (χ4n) is 3.91. The number of rotatable bonds is 1. The van der Waals surface area contributed by atoms with E-state index in [1.54, 1.807) is 0 Å². The molecule has 0 fully saturated rings. The molecule has 0 bridgehead atoms. The molecule has 0 unspecified atom stereocenters. The van der Waals surface area contributed by atoms with Gasteiger partial charge in [0.05, 0.1) is 5.52 Å². The van der Waals surface area contributed by atoms with E-state index < -0.39 is 0 Å². The van der Waals surface area contributed by atoms with Crippen molar-refractivity contribution in [3.8, 4) is 0 Å². The van der Waals surface area contributed by atoms with Crippen LogP contribution in [0.5, 0.6) is 0 Å². The summed E-state index contributed by atoms with van der Waals surface area (Å²) >= 11 is 0. The van der Waals surface area contributed by atoms with Gasteiger partial charge in [-0.3, -0.25) is 4.98 Å².